The van der Waals surface area contributed by atoms with Crippen LogP contribution in [-0.4, -0.2) is 9.94 Å². The summed E-state index contributed by atoms with van der Waals surface area (Å²) >= 11 is 0. The first-order chi connectivity index (χ1) is 6.52. The van der Waals surface area contributed by atoms with Crippen LogP contribution in [0, 0.1) is 5.21 Å². The van der Waals surface area contributed by atoms with Gasteiger partial charge in [-0.05, 0) is 10.8 Å². The second-order valence-electron chi connectivity index (χ2n) is 2.95. The topological polar surface area (TPSA) is 130 Å². The van der Waals surface area contributed by atoms with E-state index in [-0.39, 0.29) is 28.1 Å². The summed E-state index contributed by atoms with van der Waals surface area (Å²) in [4.78, 5) is 0. The van der Waals surface area contributed by atoms with Crippen molar-refractivity contribution in [2.24, 2.45) is 0 Å². The van der Waals surface area contributed by atoms with E-state index in [1.807, 2.05) is 0 Å². The molecule has 0 atom stereocenters. The van der Waals surface area contributed by atoms with E-state index in [1.54, 1.807) is 0 Å². The molecule has 2 aromatic rings. The van der Waals surface area contributed by atoms with E-state index in [0.717, 1.165) is 6.33 Å². The fraction of sp³-hybridized carbons (Fsp3) is 0. The Balaban J connectivity index is 3.05. The summed E-state index contributed by atoms with van der Waals surface area (Å²) in [6.45, 7) is 0. The zero-order valence-electron chi connectivity index (χ0n) is 7.14. The summed E-state index contributed by atoms with van der Waals surface area (Å²) in [6.07, 6.45) is 0.914. The molecule has 0 radical (unpaired) electrons. The maximum atomic E-state index is 11.3. The van der Waals surface area contributed by atoms with Gasteiger partial charge in [-0.15, -0.1) is 0 Å². The van der Waals surface area contributed by atoms with E-state index in [4.69, 9.17) is 17.2 Å². The number of nitrogen functional groups attached to an aromatic ring is 3. The molecule has 0 aliphatic rings. The SMILES string of the molecule is Nc1cc(N)c2c(c1N)[n+]([O-])cn2O. The number of imidazole rings is 1. The van der Waals surface area contributed by atoms with Crippen LogP contribution < -0.4 is 21.9 Å². The Morgan fingerprint density at radius 3 is 2.57 bits per heavy atom. The van der Waals surface area contributed by atoms with Crippen molar-refractivity contribution in [2.75, 3.05) is 17.2 Å². The van der Waals surface area contributed by atoms with Crippen molar-refractivity contribution in [3.8, 4) is 0 Å². The predicted octanol–water partition coefficient (Wildman–Crippen LogP) is -0.741. The molecule has 0 aliphatic carbocycles. The van der Waals surface area contributed by atoms with Crippen molar-refractivity contribution in [1.82, 2.24) is 4.73 Å². The molecule has 0 aliphatic heterocycles. The Morgan fingerprint density at radius 2 is 1.93 bits per heavy atom. The summed E-state index contributed by atoms with van der Waals surface area (Å²) < 4.78 is 1.03. The molecule has 0 spiro atoms. The largest absolute Gasteiger partial charge is 0.710 e. The van der Waals surface area contributed by atoms with Crippen molar-refractivity contribution in [3.05, 3.63) is 17.6 Å². The van der Waals surface area contributed by atoms with Gasteiger partial charge in [-0.2, -0.15) is 0 Å². The highest BCUT2D eigenvalue weighted by Crippen LogP contribution is 2.29. The number of aromatic nitrogens is 2. The number of rotatable bonds is 0. The molecule has 7 heteroatoms. The molecule has 14 heavy (non-hydrogen) atoms. The number of fused-ring (bicyclic) bond motifs is 1. The fourth-order valence-corrected chi connectivity index (χ4v) is 1.39. The lowest BCUT2D eigenvalue weighted by molar-refractivity contribution is -0.579. The molecule has 0 saturated carbocycles. The van der Waals surface area contributed by atoms with Crippen molar-refractivity contribution < 1.29 is 9.94 Å². The molecule has 1 heterocycles. The number of benzene rings is 1. The van der Waals surface area contributed by atoms with Crippen molar-refractivity contribution >= 4 is 28.1 Å². The minimum atomic E-state index is 0.0741. The van der Waals surface area contributed by atoms with Gasteiger partial charge in [0.05, 0.1) is 11.4 Å². The van der Waals surface area contributed by atoms with E-state index in [9.17, 15) is 10.4 Å². The summed E-state index contributed by atoms with van der Waals surface area (Å²) in [5, 5.41) is 20.6. The zero-order chi connectivity index (χ0) is 10.5. The van der Waals surface area contributed by atoms with Crippen molar-refractivity contribution in [1.29, 1.82) is 0 Å². The molecule has 1 aromatic carbocycles. The molecular formula is C7H9N5O2. The quantitative estimate of drug-likeness (QED) is 0.190. The first-order valence-corrected chi connectivity index (χ1v) is 3.79. The smallest absolute Gasteiger partial charge is 0.288 e. The van der Waals surface area contributed by atoms with E-state index < -0.39 is 0 Å². The van der Waals surface area contributed by atoms with Crippen LogP contribution in [0.5, 0.6) is 0 Å². The first kappa shape index (κ1) is 8.30. The molecule has 7 nitrogen and oxygen atoms in total. The molecule has 0 bridgehead atoms. The predicted molar refractivity (Wildman–Crippen MR) is 51.3 cm³/mol. The van der Waals surface area contributed by atoms with Crippen LogP contribution in [0.1, 0.15) is 0 Å². The van der Waals surface area contributed by atoms with Gasteiger partial charge in [-0.3, -0.25) is 0 Å². The lowest BCUT2D eigenvalue weighted by Gasteiger charge is -2.03. The third-order valence-electron chi connectivity index (χ3n) is 2.04. The third kappa shape index (κ3) is 0.830. The lowest BCUT2D eigenvalue weighted by atomic mass is 10.2. The van der Waals surface area contributed by atoms with Gasteiger partial charge in [0, 0.05) is 0 Å². The first-order valence-electron chi connectivity index (χ1n) is 3.79. The fourth-order valence-electron chi connectivity index (χ4n) is 1.39. The van der Waals surface area contributed by atoms with Gasteiger partial charge in [-0.1, -0.05) is 0 Å². The molecule has 0 saturated heterocycles. The van der Waals surface area contributed by atoms with E-state index in [1.165, 1.54) is 6.07 Å². The summed E-state index contributed by atoms with van der Waals surface area (Å²) in [7, 11) is 0. The van der Waals surface area contributed by atoms with Crippen LogP contribution in [0.2, 0.25) is 0 Å². The zero-order valence-corrected chi connectivity index (χ0v) is 7.14. The van der Waals surface area contributed by atoms with Crippen LogP contribution in [-0.2, 0) is 0 Å². The Kier molecular flexibility index (Phi) is 1.39. The summed E-state index contributed by atoms with van der Waals surface area (Å²) in [6, 6.07) is 1.39. The molecule has 0 unspecified atom stereocenters. The standard InChI is InChI=1S/C7H9N5O2/c8-3-1-4(9)6-7(5(3)10)12(14)2-11(6)13/h1-2,13H,8-10H2. The van der Waals surface area contributed by atoms with Gasteiger partial charge < -0.3 is 27.6 Å². The number of hydrogen-bond acceptors (Lipinski definition) is 5. The molecular weight excluding hydrogens is 186 g/mol. The minimum Gasteiger partial charge on any atom is -0.710 e. The summed E-state index contributed by atoms with van der Waals surface area (Å²) in [5.41, 5.74) is 17.4. The molecule has 7 N–H and O–H groups in total. The van der Waals surface area contributed by atoms with E-state index in [2.05, 4.69) is 0 Å². The highest BCUT2D eigenvalue weighted by atomic mass is 16.5. The highest BCUT2D eigenvalue weighted by Gasteiger charge is 2.19. The van der Waals surface area contributed by atoms with Crippen LogP contribution in [0.25, 0.3) is 11.0 Å². The number of nitrogens with two attached hydrogens (primary N) is 3. The maximum absolute atomic E-state index is 11.3. The minimum absolute atomic E-state index is 0.0741. The second-order valence-corrected chi connectivity index (χ2v) is 2.95. The van der Waals surface area contributed by atoms with Crippen LogP contribution in [0.15, 0.2) is 12.4 Å². The van der Waals surface area contributed by atoms with Crippen molar-refractivity contribution in [3.63, 3.8) is 0 Å². The van der Waals surface area contributed by atoms with Crippen LogP contribution >= 0.6 is 0 Å². The molecule has 1 aromatic heterocycles. The van der Waals surface area contributed by atoms with E-state index in [0.29, 0.717) is 9.46 Å². The molecule has 0 fully saturated rings. The van der Waals surface area contributed by atoms with Gasteiger partial charge in [-0.25, -0.2) is 4.73 Å². The van der Waals surface area contributed by atoms with Gasteiger partial charge in [0.1, 0.15) is 5.69 Å². The van der Waals surface area contributed by atoms with E-state index >= 15 is 0 Å². The van der Waals surface area contributed by atoms with Gasteiger partial charge in [0.25, 0.3) is 6.33 Å². The second kappa shape index (κ2) is 2.34. The maximum Gasteiger partial charge on any atom is 0.288 e. The Bertz CT molecular complexity index is 519. The highest BCUT2D eigenvalue weighted by molar-refractivity contribution is 5.98. The Morgan fingerprint density at radius 1 is 1.29 bits per heavy atom. The Labute approximate surface area is 78.5 Å². The number of hydrogen-bond donors (Lipinski definition) is 4. The van der Waals surface area contributed by atoms with Gasteiger partial charge in [0.2, 0.25) is 11.0 Å². The number of anilines is 3. The monoisotopic (exact) mass is 195 g/mol. The molecule has 74 valence electrons. The average molecular weight is 195 g/mol. The van der Waals surface area contributed by atoms with Gasteiger partial charge >= 0.3 is 0 Å². The van der Waals surface area contributed by atoms with Gasteiger partial charge in [0.15, 0.2) is 0 Å². The molecule has 2 rings (SSSR count). The summed E-state index contributed by atoms with van der Waals surface area (Å²) in [5.74, 6) is 0. The van der Waals surface area contributed by atoms with Crippen molar-refractivity contribution in [2.45, 2.75) is 0 Å². The number of nitrogens with zero attached hydrogens (tertiary/aromatic N) is 2. The van der Waals surface area contributed by atoms with Crippen LogP contribution in [0.3, 0.4) is 0 Å². The normalized spacial score (nSPS) is 10.9. The Hall–Kier alpha value is -2.31. The third-order valence-corrected chi connectivity index (χ3v) is 2.04. The molecule has 0 amide bonds. The lowest BCUT2D eigenvalue weighted by Crippen LogP contribution is -2.24. The van der Waals surface area contributed by atoms with Crippen LogP contribution in [0.4, 0.5) is 17.1 Å². The average Bonchev–Trinajstić information content (AvgIpc) is 2.38.